The molecule has 2 amide bonds. The zero-order valence-electron chi connectivity index (χ0n) is 20.5. The van der Waals surface area contributed by atoms with E-state index >= 15 is 0 Å². The van der Waals surface area contributed by atoms with Gasteiger partial charge in [-0.05, 0) is 49.9 Å². The Morgan fingerprint density at radius 3 is 2.58 bits per heavy atom. The number of likely N-dealkylation sites (tertiary alicyclic amines) is 1. The lowest BCUT2D eigenvalue weighted by molar-refractivity contribution is -0.152. The van der Waals surface area contributed by atoms with Crippen molar-refractivity contribution >= 4 is 17.8 Å². The van der Waals surface area contributed by atoms with E-state index in [1.54, 1.807) is 24.8 Å². The Hall–Kier alpha value is -4.01. The van der Waals surface area contributed by atoms with Crippen molar-refractivity contribution in [2.45, 2.75) is 45.4 Å². The lowest BCUT2D eigenvalue weighted by Crippen LogP contribution is -2.51. The highest BCUT2D eigenvalue weighted by molar-refractivity contribution is 5.96. The summed E-state index contributed by atoms with van der Waals surface area (Å²) >= 11 is 0. The van der Waals surface area contributed by atoms with Gasteiger partial charge in [0.1, 0.15) is 18.7 Å². The average Bonchev–Trinajstić information content (AvgIpc) is 3.41. The third-order valence-electron chi connectivity index (χ3n) is 6.09. The Morgan fingerprint density at radius 1 is 1.08 bits per heavy atom. The van der Waals surface area contributed by atoms with E-state index in [9.17, 15) is 14.4 Å². The first-order valence-corrected chi connectivity index (χ1v) is 12.2. The molecule has 4 rings (SSSR count). The fourth-order valence-corrected chi connectivity index (χ4v) is 4.32. The number of nitrogens with one attached hydrogen (secondary N) is 1. The van der Waals surface area contributed by atoms with Crippen LogP contribution in [0, 0.1) is 5.92 Å². The number of hydrogen-bond acceptors (Lipinski definition) is 6. The summed E-state index contributed by atoms with van der Waals surface area (Å²) in [5, 5.41) is 6.85. The molecule has 0 bridgehead atoms. The third kappa shape index (κ3) is 6.35. The fraction of sp³-hybridized carbons (Fsp3) is 0.370. The van der Waals surface area contributed by atoms with Crippen LogP contribution in [0.2, 0.25) is 0 Å². The van der Waals surface area contributed by atoms with Gasteiger partial charge in [0.15, 0.2) is 0 Å². The van der Waals surface area contributed by atoms with Crippen LogP contribution in [0.5, 0.6) is 0 Å². The van der Waals surface area contributed by atoms with Crippen LogP contribution in [0.4, 0.5) is 0 Å². The van der Waals surface area contributed by atoms with Crippen LogP contribution in [-0.4, -0.2) is 62.7 Å². The van der Waals surface area contributed by atoms with Gasteiger partial charge in [-0.3, -0.25) is 14.3 Å². The molecule has 1 unspecified atom stereocenters. The number of benzene rings is 2. The van der Waals surface area contributed by atoms with Gasteiger partial charge in [-0.15, -0.1) is 0 Å². The summed E-state index contributed by atoms with van der Waals surface area (Å²) in [6, 6.07) is 16.5. The third-order valence-corrected chi connectivity index (χ3v) is 6.09. The van der Waals surface area contributed by atoms with Crippen molar-refractivity contribution in [1.29, 1.82) is 0 Å². The molecule has 9 nitrogen and oxygen atoms in total. The highest BCUT2D eigenvalue weighted by Crippen LogP contribution is 2.23. The number of amides is 2. The second kappa shape index (κ2) is 11.6. The highest BCUT2D eigenvalue weighted by atomic mass is 16.5. The number of nitrogens with zero attached hydrogens (tertiary/aromatic N) is 4. The number of carbonyl (C=O) groups excluding carboxylic acids is 3. The molecular formula is C27H31N5O4. The molecule has 1 N–H and O–H groups in total. The van der Waals surface area contributed by atoms with E-state index in [1.807, 2.05) is 48.5 Å². The van der Waals surface area contributed by atoms with Crippen LogP contribution in [0.1, 0.15) is 37.0 Å². The monoisotopic (exact) mass is 489 g/mol. The van der Waals surface area contributed by atoms with Gasteiger partial charge >= 0.3 is 5.97 Å². The lowest BCUT2D eigenvalue weighted by atomic mass is 9.95. The second-order valence-electron chi connectivity index (χ2n) is 9.20. The first kappa shape index (κ1) is 25.1. The molecule has 36 heavy (non-hydrogen) atoms. The fourth-order valence-electron chi connectivity index (χ4n) is 4.32. The first-order chi connectivity index (χ1) is 17.4. The van der Waals surface area contributed by atoms with E-state index < -0.39 is 17.9 Å². The Balaban J connectivity index is 1.43. The van der Waals surface area contributed by atoms with Gasteiger partial charge in [-0.2, -0.15) is 5.10 Å². The average molecular weight is 490 g/mol. The number of aromatic nitrogens is 3. The van der Waals surface area contributed by atoms with Crippen LogP contribution >= 0.6 is 0 Å². The number of piperidine rings is 1. The van der Waals surface area contributed by atoms with Crippen LogP contribution in [0.3, 0.4) is 0 Å². The molecule has 0 saturated carbocycles. The normalized spacial score (nSPS) is 16.4. The zero-order valence-corrected chi connectivity index (χ0v) is 20.5. The maximum absolute atomic E-state index is 13.3. The summed E-state index contributed by atoms with van der Waals surface area (Å²) in [4.78, 5) is 44.7. The van der Waals surface area contributed by atoms with E-state index in [1.165, 1.54) is 17.3 Å². The first-order valence-electron chi connectivity index (χ1n) is 12.2. The number of esters is 1. The Labute approximate surface area is 210 Å². The molecule has 1 aliphatic rings. The van der Waals surface area contributed by atoms with Gasteiger partial charge < -0.3 is 15.0 Å². The smallest absolute Gasteiger partial charge is 0.330 e. The zero-order chi connectivity index (χ0) is 25.5. The van der Waals surface area contributed by atoms with Crippen molar-refractivity contribution < 1.29 is 19.1 Å². The van der Waals surface area contributed by atoms with E-state index in [0.29, 0.717) is 24.9 Å². The summed E-state index contributed by atoms with van der Waals surface area (Å²) < 4.78 is 6.81. The molecule has 1 saturated heterocycles. The minimum absolute atomic E-state index is 0.108. The van der Waals surface area contributed by atoms with Crippen LogP contribution in [0.15, 0.2) is 67.3 Å². The summed E-state index contributed by atoms with van der Waals surface area (Å²) in [6.45, 7) is 4.48. The molecule has 1 aliphatic heterocycles. The maximum atomic E-state index is 13.3. The second-order valence-corrected chi connectivity index (χ2v) is 9.20. The molecule has 0 spiro atoms. The van der Waals surface area contributed by atoms with Crippen molar-refractivity contribution in [2.24, 2.45) is 5.92 Å². The number of rotatable bonds is 8. The molecule has 0 aliphatic carbocycles. The minimum Gasteiger partial charge on any atom is -0.461 e. The molecule has 0 radical (unpaired) electrons. The molecule has 9 heteroatoms. The van der Waals surface area contributed by atoms with Crippen molar-refractivity contribution in [1.82, 2.24) is 25.0 Å². The van der Waals surface area contributed by atoms with Gasteiger partial charge in [0.05, 0.1) is 18.6 Å². The molecule has 2 heterocycles. The van der Waals surface area contributed by atoms with Crippen molar-refractivity contribution in [2.75, 3.05) is 13.1 Å². The number of ether oxygens (including phenoxy) is 1. The van der Waals surface area contributed by atoms with Gasteiger partial charge in [-0.25, -0.2) is 9.78 Å². The summed E-state index contributed by atoms with van der Waals surface area (Å²) in [7, 11) is 0. The summed E-state index contributed by atoms with van der Waals surface area (Å²) in [5.41, 5.74) is 2.59. The SMILES string of the molecule is CC(C)OC(=O)[C@@H](Cn1cncn1)NC(=O)C1CCCN(C(=O)c2cccc(-c3ccccc3)c2)C1. The summed E-state index contributed by atoms with van der Waals surface area (Å²) in [6.07, 6.45) is 3.86. The van der Waals surface area contributed by atoms with Crippen molar-refractivity contribution in [3.8, 4) is 11.1 Å². The van der Waals surface area contributed by atoms with Gasteiger partial charge in [0, 0.05) is 18.7 Å². The summed E-state index contributed by atoms with van der Waals surface area (Å²) in [5.74, 6) is -1.35. The standard InChI is InChI=1S/C27H31N5O4/c1-19(2)36-27(35)24(16-32-18-28-17-29-32)30-25(33)23-12-7-13-31(15-23)26(34)22-11-6-10-21(14-22)20-8-4-3-5-9-20/h3-6,8-11,14,17-19,23-24H,7,12-13,15-16H2,1-2H3,(H,30,33)/t23?,24-/m1/s1. The van der Waals surface area contributed by atoms with E-state index in [-0.39, 0.29) is 31.0 Å². The Bertz CT molecular complexity index is 1180. The van der Waals surface area contributed by atoms with E-state index in [2.05, 4.69) is 15.4 Å². The molecule has 188 valence electrons. The van der Waals surface area contributed by atoms with E-state index in [0.717, 1.165) is 11.1 Å². The minimum atomic E-state index is -0.907. The maximum Gasteiger partial charge on any atom is 0.330 e. The van der Waals surface area contributed by atoms with Gasteiger partial charge in [0.2, 0.25) is 5.91 Å². The predicted molar refractivity (Wildman–Crippen MR) is 134 cm³/mol. The van der Waals surface area contributed by atoms with Crippen molar-refractivity contribution in [3.63, 3.8) is 0 Å². The van der Waals surface area contributed by atoms with Crippen LogP contribution in [-0.2, 0) is 20.9 Å². The number of hydrogen-bond donors (Lipinski definition) is 1. The predicted octanol–water partition coefficient (Wildman–Crippen LogP) is 2.93. The Kier molecular flexibility index (Phi) is 8.10. The van der Waals surface area contributed by atoms with Crippen LogP contribution in [0.25, 0.3) is 11.1 Å². The van der Waals surface area contributed by atoms with Gasteiger partial charge in [-0.1, -0.05) is 42.5 Å². The molecule has 2 atom stereocenters. The van der Waals surface area contributed by atoms with Crippen LogP contribution < -0.4 is 5.32 Å². The van der Waals surface area contributed by atoms with E-state index in [4.69, 9.17) is 4.74 Å². The number of carbonyl (C=O) groups is 3. The lowest BCUT2D eigenvalue weighted by Gasteiger charge is -2.33. The molecular weight excluding hydrogens is 458 g/mol. The highest BCUT2D eigenvalue weighted by Gasteiger charge is 2.32. The quantitative estimate of drug-likeness (QED) is 0.488. The molecule has 1 aromatic heterocycles. The topological polar surface area (TPSA) is 106 Å². The Morgan fingerprint density at radius 2 is 1.86 bits per heavy atom. The van der Waals surface area contributed by atoms with Gasteiger partial charge in [0.25, 0.3) is 5.91 Å². The molecule has 2 aromatic carbocycles. The van der Waals surface area contributed by atoms with Crippen molar-refractivity contribution in [3.05, 3.63) is 72.8 Å². The molecule has 1 fully saturated rings. The molecule has 3 aromatic rings. The largest absolute Gasteiger partial charge is 0.461 e.